The van der Waals surface area contributed by atoms with Gasteiger partial charge in [-0.1, -0.05) is 108 Å². The molecule has 0 aliphatic rings. The summed E-state index contributed by atoms with van der Waals surface area (Å²) in [5, 5.41) is 20.9. The maximum atomic E-state index is 10.5. The molecule has 0 radical (unpaired) electrons. The van der Waals surface area contributed by atoms with Crippen LogP contribution >= 0.6 is 0 Å². The van der Waals surface area contributed by atoms with E-state index in [1.54, 1.807) is 0 Å². The first kappa shape index (κ1) is 26.1. The van der Waals surface area contributed by atoms with Gasteiger partial charge < -0.3 is 10.2 Å². The summed E-state index contributed by atoms with van der Waals surface area (Å²) in [5.41, 5.74) is 5.45. The van der Waals surface area contributed by atoms with E-state index in [2.05, 4.69) is 75.4 Å². The van der Waals surface area contributed by atoms with Crippen molar-refractivity contribution in [2.75, 3.05) is 0 Å². The van der Waals surface area contributed by atoms with Crippen molar-refractivity contribution in [1.82, 2.24) is 0 Å². The van der Waals surface area contributed by atoms with Crippen LogP contribution in [-0.2, 0) is 12.8 Å². The monoisotopic (exact) mass is 434 g/mol. The third-order valence-electron chi connectivity index (χ3n) is 6.81. The minimum Gasteiger partial charge on any atom is -0.388 e. The molecule has 32 heavy (non-hydrogen) atoms. The Balaban J connectivity index is 2.06. The van der Waals surface area contributed by atoms with Crippen molar-refractivity contribution in [2.24, 2.45) is 5.92 Å². The number of hydrogen-bond donors (Lipinski definition) is 2. The quantitative estimate of drug-likeness (QED) is 0.341. The van der Waals surface area contributed by atoms with Crippen LogP contribution in [0.2, 0.25) is 0 Å². The maximum Gasteiger partial charge on any atom is 0.0825 e. The molecule has 2 nitrogen and oxygen atoms in total. The van der Waals surface area contributed by atoms with Crippen molar-refractivity contribution in [2.45, 2.75) is 84.8 Å². The summed E-state index contributed by atoms with van der Waals surface area (Å²) >= 11 is 0. The number of allylic oxidation sites excluding steroid dienone is 3. The maximum absolute atomic E-state index is 10.5. The molecular formula is C30H42O2. The molecule has 0 spiro atoms. The predicted octanol–water partition coefficient (Wildman–Crippen LogP) is 7.45. The van der Waals surface area contributed by atoms with E-state index < -0.39 is 5.60 Å². The Kier molecular flexibility index (Phi) is 10.4. The van der Waals surface area contributed by atoms with Crippen LogP contribution in [-0.4, -0.2) is 15.8 Å². The molecule has 2 rings (SSSR count). The summed E-state index contributed by atoms with van der Waals surface area (Å²) in [4.78, 5) is 0. The average molecular weight is 435 g/mol. The molecule has 2 heteroatoms. The zero-order valence-electron chi connectivity index (χ0n) is 20.6. The molecule has 0 amide bonds. The lowest BCUT2D eigenvalue weighted by Crippen LogP contribution is -2.22. The Bertz CT molecular complexity index is 872. The molecule has 0 bridgehead atoms. The van der Waals surface area contributed by atoms with Crippen molar-refractivity contribution in [1.29, 1.82) is 0 Å². The second-order valence-electron chi connectivity index (χ2n) is 8.99. The highest BCUT2D eigenvalue weighted by Crippen LogP contribution is 2.25. The molecule has 2 unspecified atom stereocenters. The molecule has 2 aromatic rings. The Morgan fingerprint density at radius 3 is 2.19 bits per heavy atom. The number of benzene rings is 2. The number of aryl methyl sites for hydroxylation is 2. The van der Waals surface area contributed by atoms with Crippen LogP contribution < -0.4 is 0 Å². The van der Waals surface area contributed by atoms with Gasteiger partial charge in [-0.2, -0.15) is 0 Å². The molecule has 2 atom stereocenters. The molecule has 0 fully saturated rings. The number of aliphatic hydroxyl groups excluding tert-OH is 1. The predicted molar refractivity (Wildman–Crippen MR) is 138 cm³/mol. The third kappa shape index (κ3) is 7.46. The van der Waals surface area contributed by atoms with Gasteiger partial charge in [0.05, 0.1) is 11.7 Å². The first-order chi connectivity index (χ1) is 15.4. The number of aliphatic hydroxyl groups is 2. The molecule has 0 saturated heterocycles. The van der Waals surface area contributed by atoms with Crippen molar-refractivity contribution in [3.8, 4) is 0 Å². The van der Waals surface area contributed by atoms with Gasteiger partial charge in [0.15, 0.2) is 0 Å². The van der Waals surface area contributed by atoms with Crippen LogP contribution in [0.4, 0.5) is 0 Å². The summed E-state index contributed by atoms with van der Waals surface area (Å²) in [6.45, 7) is 10.4. The fraction of sp³-hybridized carbons (Fsp3) is 0.467. The van der Waals surface area contributed by atoms with Gasteiger partial charge >= 0.3 is 0 Å². The highest BCUT2D eigenvalue weighted by atomic mass is 16.3. The highest BCUT2D eigenvalue weighted by molar-refractivity contribution is 5.67. The summed E-state index contributed by atoms with van der Waals surface area (Å²) in [6, 6.07) is 17.2. The van der Waals surface area contributed by atoms with Gasteiger partial charge in [-0.3, -0.25) is 0 Å². The minimum absolute atomic E-state index is 0.275. The van der Waals surface area contributed by atoms with Crippen LogP contribution in [0, 0.1) is 5.92 Å². The molecule has 0 aliphatic heterocycles. The fourth-order valence-electron chi connectivity index (χ4n) is 3.90. The van der Waals surface area contributed by atoms with Gasteiger partial charge in [-0.05, 0) is 65.8 Å². The van der Waals surface area contributed by atoms with Crippen molar-refractivity contribution in [3.63, 3.8) is 0 Å². The minimum atomic E-state index is -0.711. The molecule has 174 valence electrons. The van der Waals surface area contributed by atoms with Crippen molar-refractivity contribution >= 4 is 5.57 Å². The second-order valence-corrected chi connectivity index (χ2v) is 8.99. The molecule has 0 aromatic heterocycles. The van der Waals surface area contributed by atoms with Gasteiger partial charge in [-0.25, -0.2) is 0 Å². The topological polar surface area (TPSA) is 40.5 Å². The summed E-state index contributed by atoms with van der Waals surface area (Å²) < 4.78 is 0. The number of hydrogen-bond acceptors (Lipinski definition) is 2. The Morgan fingerprint density at radius 1 is 0.938 bits per heavy atom. The first-order valence-electron chi connectivity index (χ1n) is 12.3. The van der Waals surface area contributed by atoms with Gasteiger partial charge in [-0.15, -0.1) is 0 Å². The molecule has 0 heterocycles. The Hall–Kier alpha value is -2.16. The van der Waals surface area contributed by atoms with E-state index in [4.69, 9.17) is 0 Å². The lowest BCUT2D eigenvalue weighted by atomic mass is 9.93. The van der Waals surface area contributed by atoms with E-state index in [1.165, 1.54) is 22.3 Å². The second kappa shape index (κ2) is 12.8. The van der Waals surface area contributed by atoms with Crippen molar-refractivity contribution < 1.29 is 10.2 Å². The summed E-state index contributed by atoms with van der Waals surface area (Å²) in [6.07, 6.45) is 11.0. The van der Waals surface area contributed by atoms with Crippen LogP contribution in [0.1, 0.15) is 88.7 Å². The van der Waals surface area contributed by atoms with E-state index in [-0.39, 0.29) is 12.0 Å². The lowest BCUT2D eigenvalue weighted by Gasteiger charge is -2.20. The van der Waals surface area contributed by atoms with Gasteiger partial charge in [0, 0.05) is 0 Å². The zero-order chi connectivity index (χ0) is 23.6. The summed E-state index contributed by atoms with van der Waals surface area (Å²) in [7, 11) is 0. The standard InChI is InChI=1S/C30H42O2/c1-6-23(5)29(31)27-19-17-24(18-20-27)15-16-25-12-10-13-28(22-25)26(7-2)14-11-21-30(32,8-3)9-4/h10-14,17-23,29,31-32H,6-9,15-16H2,1-5H3/b21-11+,26-14+. The van der Waals surface area contributed by atoms with Gasteiger partial charge in [0.1, 0.15) is 0 Å². The average Bonchev–Trinajstić information content (AvgIpc) is 2.84. The van der Waals surface area contributed by atoms with E-state index in [1.807, 2.05) is 26.0 Å². The summed E-state index contributed by atoms with van der Waals surface area (Å²) in [5.74, 6) is 0.275. The largest absolute Gasteiger partial charge is 0.388 e. The SMILES string of the molecule is CC/C(=C\C=C\C(O)(CC)CC)c1cccc(CCc2ccc(C(O)C(C)CC)cc2)c1. The van der Waals surface area contributed by atoms with E-state index in [9.17, 15) is 10.2 Å². The van der Waals surface area contributed by atoms with Crippen molar-refractivity contribution in [3.05, 3.63) is 89.0 Å². The fourth-order valence-corrected chi connectivity index (χ4v) is 3.90. The van der Waals surface area contributed by atoms with Crippen LogP contribution in [0.15, 0.2) is 66.8 Å². The Labute approximate surface area is 195 Å². The Morgan fingerprint density at radius 2 is 1.59 bits per heavy atom. The molecule has 0 saturated carbocycles. The zero-order valence-corrected chi connectivity index (χ0v) is 20.6. The van der Waals surface area contributed by atoms with Crippen LogP contribution in [0.3, 0.4) is 0 Å². The molecule has 2 aromatic carbocycles. The normalized spacial score (nSPS) is 14.7. The molecule has 2 N–H and O–H groups in total. The van der Waals surface area contributed by atoms with E-state index in [0.717, 1.165) is 44.1 Å². The lowest BCUT2D eigenvalue weighted by molar-refractivity contribution is 0.0828. The third-order valence-corrected chi connectivity index (χ3v) is 6.81. The van der Waals surface area contributed by atoms with E-state index >= 15 is 0 Å². The van der Waals surface area contributed by atoms with Gasteiger partial charge in [0.25, 0.3) is 0 Å². The van der Waals surface area contributed by atoms with Gasteiger partial charge in [0.2, 0.25) is 0 Å². The smallest absolute Gasteiger partial charge is 0.0825 e. The number of rotatable bonds is 12. The highest BCUT2D eigenvalue weighted by Gasteiger charge is 2.17. The van der Waals surface area contributed by atoms with Crippen LogP contribution in [0.5, 0.6) is 0 Å². The van der Waals surface area contributed by atoms with E-state index in [0.29, 0.717) is 0 Å². The molecular weight excluding hydrogens is 392 g/mol. The van der Waals surface area contributed by atoms with Crippen LogP contribution in [0.25, 0.3) is 5.57 Å². The molecule has 0 aliphatic carbocycles. The first-order valence-corrected chi connectivity index (χ1v) is 12.3.